The molecule has 0 aromatic heterocycles. The van der Waals surface area contributed by atoms with Gasteiger partial charge in [0, 0.05) is 12.5 Å². The number of hydrogen-bond donors (Lipinski definition) is 1. The van der Waals surface area contributed by atoms with Gasteiger partial charge >= 0.3 is 0 Å². The van der Waals surface area contributed by atoms with Crippen LogP contribution in [0.3, 0.4) is 0 Å². The van der Waals surface area contributed by atoms with E-state index in [1.54, 1.807) is 0 Å². The fourth-order valence-electron chi connectivity index (χ4n) is 1.93. The van der Waals surface area contributed by atoms with Crippen molar-refractivity contribution in [3.8, 4) is 0 Å². The van der Waals surface area contributed by atoms with Crippen molar-refractivity contribution in [3.05, 3.63) is 0 Å². The van der Waals surface area contributed by atoms with Gasteiger partial charge in [0.2, 0.25) is 5.91 Å². The number of rotatable bonds is 9. The zero-order valence-electron chi connectivity index (χ0n) is 10.7. The molecule has 1 amide bonds. The highest BCUT2D eigenvalue weighted by Gasteiger charge is 2.24. The van der Waals surface area contributed by atoms with Gasteiger partial charge in [-0.25, -0.2) is 8.78 Å². The quantitative estimate of drug-likeness (QED) is 0.683. The van der Waals surface area contributed by atoms with Crippen molar-refractivity contribution >= 4 is 5.91 Å². The largest absolute Gasteiger partial charge is 0.395 e. The zero-order chi connectivity index (χ0) is 13.3. The molecule has 0 radical (unpaired) electrons. The smallest absolute Gasteiger partial charge is 0.255 e. The fraction of sp³-hybridized carbons (Fsp3) is 0.917. The minimum absolute atomic E-state index is 0.00684. The summed E-state index contributed by atoms with van der Waals surface area (Å²) in [6.07, 6.45) is 0.612. The number of carbonyl (C=O) groups excluding carboxylic acids is 1. The van der Waals surface area contributed by atoms with Gasteiger partial charge < -0.3 is 10.0 Å². The summed E-state index contributed by atoms with van der Waals surface area (Å²) in [4.78, 5) is 13.1. The van der Waals surface area contributed by atoms with E-state index in [1.807, 2.05) is 13.8 Å². The lowest BCUT2D eigenvalue weighted by molar-refractivity contribution is -0.138. The average Bonchev–Trinajstić information content (AvgIpc) is 2.27. The van der Waals surface area contributed by atoms with E-state index >= 15 is 0 Å². The number of carbonyl (C=O) groups is 1. The van der Waals surface area contributed by atoms with Crippen LogP contribution in [0.2, 0.25) is 0 Å². The van der Waals surface area contributed by atoms with E-state index in [0.29, 0.717) is 0 Å². The van der Waals surface area contributed by atoms with Crippen LogP contribution in [0.15, 0.2) is 0 Å². The van der Waals surface area contributed by atoms with Gasteiger partial charge in [-0.15, -0.1) is 0 Å². The number of alkyl halides is 2. The Morgan fingerprint density at radius 1 is 1.24 bits per heavy atom. The molecule has 0 aromatic rings. The third-order valence-electron chi connectivity index (χ3n) is 2.66. The van der Waals surface area contributed by atoms with Crippen molar-refractivity contribution in [1.82, 2.24) is 4.90 Å². The SMILES string of the molecule is CCCC(CCC)C(=O)N(CCO)CC(F)F. The van der Waals surface area contributed by atoms with Crippen molar-refractivity contribution in [3.63, 3.8) is 0 Å². The number of amides is 1. The number of aliphatic hydroxyl groups excluding tert-OH is 1. The summed E-state index contributed by atoms with van der Waals surface area (Å²) in [7, 11) is 0. The predicted octanol–water partition coefficient (Wildman–Crippen LogP) is 2.29. The van der Waals surface area contributed by atoms with Crippen LogP contribution in [0.1, 0.15) is 39.5 Å². The zero-order valence-corrected chi connectivity index (χ0v) is 10.7. The molecule has 0 aliphatic heterocycles. The molecular formula is C12H23F2NO2. The molecular weight excluding hydrogens is 228 g/mol. The van der Waals surface area contributed by atoms with Crippen molar-refractivity contribution in [2.75, 3.05) is 19.7 Å². The Morgan fingerprint density at radius 3 is 2.12 bits per heavy atom. The molecule has 0 rings (SSSR count). The first-order chi connectivity index (χ1) is 8.06. The van der Waals surface area contributed by atoms with Crippen LogP contribution >= 0.6 is 0 Å². The number of hydrogen-bond acceptors (Lipinski definition) is 2. The van der Waals surface area contributed by atoms with Crippen LogP contribution in [-0.4, -0.2) is 42.0 Å². The summed E-state index contributed by atoms with van der Waals surface area (Å²) in [6.45, 7) is 3.08. The average molecular weight is 251 g/mol. The monoisotopic (exact) mass is 251 g/mol. The standard InChI is InChI=1S/C12H23F2NO2/c1-3-5-10(6-4-2)12(17)15(7-8-16)9-11(13)14/h10-11,16H,3-9H2,1-2H3. The fourth-order valence-corrected chi connectivity index (χ4v) is 1.93. The molecule has 0 fully saturated rings. The molecule has 102 valence electrons. The molecule has 0 saturated heterocycles. The lowest BCUT2D eigenvalue weighted by Crippen LogP contribution is -2.41. The second kappa shape index (κ2) is 9.33. The van der Waals surface area contributed by atoms with Crippen LogP contribution in [0.25, 0.3) is 0 Å². The maximum absolute atomic E-state index is 12.3. The topological polar surface area (TPSA) is 40.5 Å². The molecule has 0 bridgehead atoms. The lowest BCUT2D eigenvalue weighted by atomic mass is 9.96. The van der Waals surface area contributed by atoms with Crippen molar-refractivity contribution in [2.24, 2.45) is 5.92 Å². The van der Waals surface area contributed by atoms with Crippen LogP contribution in [0, 0.1) is 5.92 Å². The van der Waals surface area contributed by atoms with Crippen LogP contribution in [0.4, 0.5) is 8.78 Å². The molecule has 5 heteroatoms. The van der Waals surface area contributed by atoms with E-state index < -0.39 is 13.0 Å². The van der Waals surface area contributed by atoms with E-state index in [9.17, 15) is 13.6 Å². The molecule has 0 saturated carbocycles. The normalized spacial score (nSPS) is 11.2. The highest BCUT2D eigenvalue weighted by Crippen LogP contribution is 2.17. The molecule has 0 aromatic carbocycles. The molecule has 0 aliphatic rings. The van der Waals surface area contributed by atoms with Crippen molar-refractivity contribution in [1.29, 1.82) is 0 Å². The molecule has 3 nitrogen and oxygen atoms in total. The summed E-state index contributed by atoms with van der Waals surface area (Å²) >= 11 is 0. The molecule has 0 heterocycles. The minimum atomic E-state index is -2.55. The highest BCUT2D eigenvalue weighted by molar-refractivity contribution is 5.78. The number of halogens is 2. The van der Waals surface area contributed by atoms with Gasteiger partial charge in [-0.3, -0.25) is 4.79 Å². The maximum Gasteiger partial charge on any atom is 0.255 e. The highest BCUT2D eigenvalue weighted by atomic mass is 19.3. The van der Waals surface area contributed by atoms with E-state index in [1.165, 1.54) is 0 Å². The Kier molecular flexibility index (Phi) is 8.94. The van der Waals surface area contributed by atoms with Crippen LogP contribution in [0.5, 0.6) is 0 Å². The van der Waals surface area contributed by atoms with E-state index in [4.69, 9.17) is 5.11 Å². The van der Waals surface area contributed by atoms with Crippen molar-refractivity contribution in [2.45, 2.75) is 46.0 Å². The number of nitrogens with zero attached hydrogens (tertiary/aromatic N) is 1. The maximum atomic E-state index is 12.3. The van der Waals surface area contributed by atoms with E-state index in [0.717, 1.165) is 30.6 Å². The summed E-state index contributed by atoms with van der Waals surface area (Å²) in [5, 5.41) is 8.80. The van der Waals surface area contributed by atoms with Crippen molar-refractivity contribution < 1.29 is 18.7 Å². The third-order valence-corrected chi connectivity index (χ3v) is 2.66. The first kappa shape index (κ1) is 16.3. The molecule has 0 unspecified atom stereocenters. The Morgan fingerprint density at radius 2 is 1.76 bits per heavy atom. The Hall–Kier alpha value is -0.710. The first-order valence-corrected chi connectivity index (χ1v) is 6.24. The van der Waals surface area contributed by atoms with Gasteiger partial charge in [-0.1, -0.05) is 26.7 Å². The van der Waals surface area contributed by atoms with Gasteiger partial charge in [0.1, 0.15) is 0 Å². The Labute approximate surface area is 102 Å². The first-order valence-electron chi connectivity index (χ1n) is 6.24. The second-order valence-electron chi connectivity index (χ2n) is 4.17. The second-order valence-corrected chi connectivity index (χ2v) is 4.17. The van der Waals surface area contributed by atoms with Crippen LogP contribution < -0.4 is 0 Å². The molecule has 0 aliphatic carbocycles. The van der Waals surface area contributed by atoms with E-state index in [-0.39, 0.29) is 25.0 Å². The molecule has 17 heavy (non-hydrogen) atoms. The van der Waals surface area contributed by atoms with Gasteiger partial charge in [0.05, 0.1) is 13.2 Å². The molecule has 0 spiro atoms. The third kappa shape index (κ3) is 6.56. The summed E-state index contributed by atoms with van der Waals surface area (Å²) in [6, 6.07) is 0. The van der Waals surface area contributed by atoms with Gasteiger partial charge in [0.15, 0.2) is 0 Å². The molecule has 1 N–H and O–H groups in total. The minimum Gasteiger partial charge on any atom is -0.395 e. The molecule has 0 atom stereocenters. The lowest BCUT2D eigenvalue weighted by Gasteiger charge is -2.26. The Bertz CT molecular complexity index is 207. The van der Waals surface area contributed by atoms with Gasteiger partial charge in [-0.2, -0.15) is 0 Å². The van der Waals surface area contributed by atoms with Crippen LogP contribution in [-0.2, 0) is 4.79 Å². The summed E-state index contributed by atoms with van der Waals surface area (Å²) in [5.41, 5.74) is 0. The predicted molar refractivity (Wildman–Crippen MR) is 63.0 cm³/mol. The van der Waals surface area contributed by atoms with Gasteiger partial charge in [-0.05, 0) is 12.8 Å². The summed E-state index contributed by atoms with van der Waals surface area (Å²) in [5.74, 6) is -0.432. The summed E-state index contributed by atoms with van der Waals surface area (Å²) < 4.78 is 24.7. The van der Waals surface area contributed by atoms with E-state index in [2.05, 4.69) is 0 Å². The van der Waals surface area contributed by atoms with Gasteiger partial charge in [0.25, 0.3) is 6.43 Å². The Balaban J connectivity index is 4.51. The number of aliphatic hydroxyl groups is 1.